The Morgan fingerprint density at radius 2 is 1.95 bits per heavy atom. The van der Waals surface area contributed by atoms with Crippen LogP contribution in [0, 0.1) is 0 Å². The van der Waals surface area contributed by atoms with Gasteiger partial charge in [0.1, 0.15) is 5.75 Å². The Morgan fingerprint density at radius 3 is 2.53 bits per heavy atom. The summed E-state index contributed by atoms with van der Waals surface area (Å²) in [7, 11) is 3.13. The predicted molar refractivity (Wildman–Crippen MR) is 73.2 cm³/mol. The average molecular weight is 263 g/mol. The number of hydrogen-bond donors (Lipinski definition) is 1. The zero-order chi connectivity index (χ0) is 14.2. The molecule has 5 nitrogen and oxygen atoms in total. The van der Waals surface area contributed by atoms with Crippen molar-refractivity contribution in [1.29, 1.82) is 0 Å². The Morgan fingerprint density at radius 1 is 1.26 bits per heavy atom. The van der Waals surface area contributed by atoms with Crippen LogP contribution in [0.2, 0.25) is 0 Å². The van der Waals surface area contributed by atoms with Crippen molar-refractivity contribution in [3.05, 3.63) is 28.6 Å². The van der Waals surface area contributed by atoms with Crippen LogP contribution < -0.4 is 15.0 Å². The molecule has 102 valence electrons. The quantitative estimate of drug-likeness (QED) is 0.920. The number of hydrogen-bond acceptors (Lipinski definition) is 4. The molecule has 0 aliphatic carbocycles. The van der Waals surface area contributed by atoms with Crippen molar-refractivity contribution in [2.24, 2.45) is 7.05 Å². The molecule has 1 N–H and O–H groups in total. The molecule has 0 radical (unpaired) electrons. The molecule has 2 aromatic rings. The highest BCUT2D eigenvalue weighted by Crippen LogP contribution is 2.34. The first-order chi connectivity index (χ1) is 8.95. The van der Waals surface area contributed by atoms with Crippen molar-refractivity contribution in [2.45, 2.75) is 20.0 Å². The van der Waals surface area contributed by atoms with Crippen molar-refractivity contribution < 1.29 is 14.6 Å². The molecule has 19 heavy (non-hydrogen) atoms. The van der Waals surface area contributed by atoms with E-state index in [0.717, 1.165) is 5.39 Å². The lowest BCUT2D eigenvalue weighted by atomic mass is 10.1. The smallest absolute Gasteiger partial charge is 0.297 e. The summed E-state index contributed by atoms with van der Waals surface area (Å²) in [6.45, 7) is 3.69. The van der Waals surface area contributed by atoms with Crippen LogP contribution in [0.4, 0.5) is 0 Å². The van der Waals surface area contributed by atoms with E-state index in [1.54, 1.807) is 19.2 Å². The van der Waals surface area contributed by atoms with Crippen molar-refractivity contribution in [2.75, 3.05) is 7.11 Å². The van der Waals surface area contributed by atoms with Gasteiger partial charge in [0, 0.05) is 18.5 Å². The number of phenols is 1. The van der Waals surface area contributed by atoms with Crippen LogP contribution in [-0.2, 0) is 7.05 Å². The maximum Gasteiger partial charge on any atom is 0.297 e. The highest BCUT2D eigenvalue weighted by molar-refractivity contribution is 5.88. The molecule has 1 heterocycles. The number of nitrogens with zero attached hydrogens (tertiary/aromatic N) is 1. The molecule has 0 unspecified atom stereocenters. The number of phenolic OH excluding ortho intramolecular Hbond substituents is 1. The number of methoxy groups -OCH3 is 1. The Bertz CT molecular complexity index is 673. The Labute approximate surface area is 111 Å². The molecule has 0 bridgehead atoms. The van der Waals surface area contributed by atoms with Gasteiger partial charge in [-0.3, -0.25) is 4.79 Å². The second-order valence-corrected chi connectivity index (χ2v) is 4.59. The Hall–Kier alpha value is -2.17. The maximum atomic E-state index is 12.3. The summed E-state index contributed by atoms with van der Waals surface area (Å²) in [4.78, 5) is 12.3. The third-order valence-corrected chi connectivity index (χ3v) is 2.85. The van der Waals surface area contributed by atoms with Crippen molar-refractivity contribution in [1.82, 2.24) is 4.57 Å². The molecule has 0 spiro atoms. The van der Waals surface area contributed by atoms with Crippen LogP contribution >= 0.6 is 0 Å². The molecule has 0 atom stereocenters. The van der Waals surface area contributed by atoms with Crippen molar-refractivity contribution >= 4 is 10.9 Å². The summed E-state index contributed by atoms with van der Waals surface area (Å²) >= 11 is 0. The van der Waals surface area contributed by atoms with E-state index < -0.39 is 0 Å². The molecule has 1 aromatic carbocycles. The molecule has 0 aliphatic heterocycles. The van der Waals surface area contributed by atoms with Gasteiger partial charge in [-0.15, -0.1) is 0 Å². The van der Waals surface area contributed by atoms with Gasteiger partial charge < -0.3 is 19.1 Å². The Kier molecular flexibility index (Phi) is 3.38. The van der Waals surface area contributed by atoms with Gasteiger partial charge in [-0.25, -0.2) is 0 Å². The number of aryl methyl sites for hydroxylation is 1. The summed E-state index contributed by atoms with van der Waals surface area (Å²) in [6.07, 6.45) is -0.129. The van der Waals surface area contributed by atoms with Crippen LogP contribution in [-0.4, -0.2) is 22.9 Å². The lowest BCUT2D eigenvalue weighted by Crippen LogP contribution is -2.23. The highest BCUT2D eigenvalue weighted by Gasteiger charge is 2.18. The molecule has 0 aliphatic rings. The minimum Gasteiger partial charge on any atom is -0.508 e. The lowest BCUT2D eigenvalue weighted by Gasteiger charge is -2.17. The Balaban J connectivity index is 2.87. The van der Waals surface area contributed by atoms with E-state index in [1.165, 1.54) is 17.7 Å². The third kappa shape index (κ3) is 2.23. The second kappa shape index (κ2) is 4.84. The van der Waals surface area contributed by atoms with Gasteiger partial charge >= 0.3 is 0 Å². The zero-order valence-corrected chi connectivity index (χ0v) is 11.4. The molecular formula is C14H17NO4. The molecule has 0 saturated carbocycles. The summed E-state index contributed by atoms with van der Waals surface area (Å²) in [5.74, 6) is 0.687. The highest BCUT2D eigenvalue weighted by atomic mass is 16.5. The molecule has 0 saturated heterocycles. The molecule has 1 aromatic heterocycles. The number of aromatic nitrogens is 1. The summed E-state index contributed by atoms with van der Waals surface area (Å²) < 4.78 is 12.3. The average Bonchev–Trinajstić information content (AvgIpc) is 2.36. The van der Waals surface area contributed by atoms with Gasteiger partial charge in [-0.05, 0) is 26.0 Å². The normalized spacial score (nSPS) is 11.0. The van der Waals surface area contributed by atoms with Crippen LogP contribution in [0.5, 0.6) is 17.2 Å². The van der Waals surface area contributed by atoms with Gasteiger partial charge in [-0.2, -0.15) is 0 Å². The van der Waals surface area contributed by atoms with E-state index >= 15 is 0 Å². The molecule has 0 fully saturated rings. The van der Waals surface area contributed by atoms with Gasteiger partial charge in [-0.1, -0.05) is 0 Å². The fourth-order valence-electron chi connectivity index (χ4n) is 2.01. The number of rotatable bonds is 3. The van der Waals surface area contributed by atoms with Crippen LogP contribution in [0.1, 0.15) is 13.8 Å². The largest absolute Gasteiger partial charge is 0.508 e. The fourth-order valence-corrected chi connectivity index (χ4v) is 2.01. The monoisotopic (exact) mass is 263 g/mol. The zero-order valence-electron chi connectivity index (χ0n) is 11.4. The summed E-state index contributed by atoms with van der Waals surface area (Å²) in [6, 6.07) is 4.78. The number of ether oxygens (including phenoxy) is 2. The first-order valence-corrected chi connectivity index (χ1v) is 6.02. The minimum absolute atomic E-state index is 0.0991. The van der Waals surface area contributed by atoms with Gasteiger partial charge in [0.05, 0.1) is 18.7 Å². The summed E-state index contributed by atoms with van der Waals surface area (Å²) in [5, 5.41) is 10.3. The standard InChI is InChI=1S/C14H17NO4/c1-8(2)19-13-12(18-4)10-6-5-9(16)7-11(10)15(3)14(13)17/h5-8,16H,1-4H3. The van der Waals surface area contributed by atoms with Crippen molar-refractivity contribution in [3.8, 4) is 17.2 Å². The number of aromatic hydroxyl groups is 1. The molecule has 2 rings (SSSR count). The molecular weight excluding hydrogens is 246 g/mol. The first kappa shape index (κ1) is 13.3. The van der Waals surface area contributed by atoms with E-state index in [1.807, 2.05) is 13.8 Å². The first-order valence-electron chi connectivity index (χ1n) is 6.02. The van der Waals surface area contributed by atoms with Gasteiger partial charge in [0.2, 0.25) is 5.75 Å². The second-order valence-electron chi connectivity index (χ2n) is 4.59. The lowest BCUT2D eigenvalue weighted by molar-refractivity contribution is 0.226. The van der Waals surface area contributed by atoms with Crippen LogP contribution in [0.3, 0.4) is 0 Å². The SMILES string of the molecule is COc1c(OC(C)C)c(=O)n(C)c2cc(O)ccc12. The van der Waals surface area contributed by atoms with E-state index in [9.17, 15) is 9.90 Å². The van der Waals surface area contributed by atoms with Crippen molar-refractivity contribution in [3.63, 3.8) is 0 Å². The predicted octanol–water partition coefficient (Wildman–Crippen LogP) is 2.04. The minimum atomic E-state index is -0.288. The van der Waals surface area contributed by atoms with E-state index in [-0.39, 0.29) is 23.2 Å². The molecule has 0 amide bonds. The molecule has 5 heteroatoms. The number of pyridine rings is 1. The third-order valence-electron chi connectivity index (χ3n) is 2.85. The van der Waals surface area contributed by atoms with E-state index in [2.05, 4.69) is 0 Å². The van der Waals surface area contributed by atoms with E-state index in [4.69, 9.17) is 9.47 Å². The van der Waals surface area contributed by atoms with Crippen LogP contribution in [0.25, 0.3) is 10.9 Å². The van der Waals surface area contributed by atoms with Gasteiger partial charge in [0.25, 0.3) is 5.56 Å². The topological polar surface area (TPSA) is 60.7 Å². The summed E-state index contributed by atoms with van der Waals surface area (Å²) in [5.41, 5.74) is 0.307. The van der Waals surface area contributed by atoms with Crippen LogP contribution in [0.15, 0.2) is 23.0 Å². The number of fused-ring (bicyclic) bond motifs is 1. The maximum absolute atomic E-state index is 12.3. The van der Waals surface area contributed by atoms with Gasteiger partial charge in [0.15, 0.2) is 5.75 Å². The fraction of sp³-hybridized carbons (Fsp3) is 0.357. The number of benzene rings is 1. The van der Waals surface area contributed by atoms with E-state index in [0.29, 0.717) is 11.3 Å².